The Morgan fingerprint density at radius 1 is 1.32 bits per heavy atom. The summed E-state index contributed by atoms with van der Waals surface area (Å²) in [4.78, 5) is 0. The number of benzene rings is 2. The van der Waals surface area contributed by atoms with Gasteiger partial charge in [-0.15, -0.1) is 0 Å². The first-order chi connectivity index (χ1) is 10.4. The van der Waals surface area contributed by atoms with Crippen LogP contribution in [0.15, 0.2) is 36.9 Å². The van der Waals surface area contributed by atoms with Gasteiger partial charge in [-0.05, 0) is 40.3 Å². The van der Waals surface area contributed by atoms with Gasteiger partial charge in [-0.3, -0.25) is 0 Å². The highest BCUT2D eigenvalue weighted by Crippen LogP contribution is 2.33. The third-order valence-corrected chi connectivity index (χ3v) is 4.08. The van der Waals surface area contributed by atoms with Gasteiger partial charge in [-0.25, -0.2) is 8.78 Å². The molecule has 0 unspecified atom stereocenters. The molecule has 0 radical (unpaired) electrons. The standard InChI is InChI=1S/C16H13ClF2INO/c1-2-5-22-14-8-13(18)15(19)11(16(14)21)6-9-3-4-10(20)7-12(9)17/h2-4,7-8H,1,5-6,21H2. The van der Waals surface area contributed by atoms with E-state index in [2.05, 4.69) is 29.2 Å². The minimum atomic E-state index is -1.01. The van der Waals surface area contributed by atoms with Crippen LogP contribution in [0.4, 0.5) is 14.5 Å². The van der Waals surface area contributed by atoms with Gasteiger partial charge in [0.1, 0.15) is 12.4 Å². The number of halogens is 4. The Balaban J connectivity index is 2.44. The quantitative estimate of drug-likeness (QED) is 0.409. The van der Waals surface area contributed by atoms with E-state index in [0.29, 0.717) is 10.6 Å². The van der Waals surface area contributed by atoms with E-state index in [1.54, 1.807) is 12.1 Å². The van der Waals surface area contributed by atoms with Gasteiger partial charge in [0.25, 0.3) is 0 Å². The molecule has 0 aliphatic heterocycles. The number of hydrogen-bond donors (Lipinski definition) is 1. The van der Waals surface area contributed by atoms with Crippen molar-refractivity contribution in [2.45, 2.75) is 6.42 Å². The summed E-state index contributed by atoms with van der Waals surface area (Å²) < 4.78 is 34.0. The number of ether oxygens (including phenoxy) is 1. The molecule has 22 heavy (non-hydrogen) atoms. The Morgan fingerprint density at radius 2 is 2.05 bits per heavy atom. The Morgan fingerprint density at radius 3 is 2.68 bits per heavy atom. The highest BCUT2D eigenvalue weighted by atomic mass is 127. The van der Waals surface area contributed by atoms with E-state index in [0.717, 1.165) is 9.64 Å². The summed E-state index contributed by atoms with van der Waals surface area (Å²) in [6, 6.07) is 6.29. The van der Waals surface area contributed by atoms with Crippen LogP contribution in [-0.2, 0) is 6.42 Å². The smallest absolute Gasteiger partial charge is 0.164 e. The molecule has 0 atom stereocenters. The summed E-state index contributed by atoms with van der Waals surface area (Å²) >= 11 is 8.26. The number of rotatable bonds is 5. The van der Waals surface area contributed by atoms with Crippen molar-refractivity contribution in [3.05, 3.63) is 68.3 Å². The van der Waals surface area contributed by atoms with Gasteiger partial charge in [0.15, 0.2) is 11.6 Å². The molecule has 0 saturated heterocycles. The van der Waals surface area contributed by atoms with Crippen molar-refractivity contribution in [1.29, 1.82) is 0 Å². The predicted octanol–water partition coefficient (Wildman–Crippen LogP) is 4.96. The molecule has 0 aliphatic rings. The second-order valence-corrected chi connectivity index (χ2v) is 6.23. The summed E-state index contributed by atoms with van der Waals surface area (Å²) in [6.45, 7) is 3.66. The lowest BCUT2D eigenvalue weighted by Gasteiger charge is -2.14. The molecule has 0 aliphatic carbocycles. The van der Waals surface area contributed by atoms with E-state index in [1.165, 1.54) is 6.08 Å². The minimum absolute atomic E-state index is 0.0298. The van der Waals surface area contributed by atoms with Crippen molar-refractivity contribution in [3.63, 3.8) is 0 Å². The summed E-state index contributed by atoms with van der Waals surface area (Å²) in [5.41, 5.74) is 6.67. The first-order valence-electron chi connectivity index (χ1n) is 6.38. The number of hydrogen-bond acceptors (Lipinski definition) is 2. The summed E-state index contributed by atoms with van der Waals surface area (Å²) in [7, 11) is 0. The van der Waals surface area contributed by atoms with Crippen molar-refractivity contribution in [3.8, 4) is 5.75 Å². The molecule has 2 aromatic rings. The number of anilines is 1. The third-order valence-electron chi connectivity index (χ3n) is 3.06. The summed E-state index contributed by atoms with van der Waals surface area (Å²) in [6.07, 6.45) is 1.58. The Labute approximate surface area is 146 Å². The van der Waals surface area contributed by atoms with Crippen molar-refractivity contribution in [1.82, 2.24) is 0 Å². The van der Waals surface area contributed by atoms with Crippen LogP contribution in [0.1, 0.15) is 11.1 Å². The Kier molecular flexibility index (Phi) is 5.63. The van der Waals surface area contributed by atoms with Crippen LogP contribution in [0.25, 0.3) is 0 Å². The van der Waals surface area contributed by atoms with Crippen LogP contribution >= 0.6 is 34.2 Å². The average molecular weight is 436 g/mol. The zero-order valence-electron chi connectivity index (χ0n) is 11.5. The second-order valence-electron chi connectivity index (χ2n) is 4.57. The molecule has 0 saturated carbocycles. The highest BCUT2D eigenvalue weighted by Gasteiger charge is 2.18. The molecule has 2 nitrogen and oxygen atoms in total. The van der Waals surface area contributed by atoms with Gasteiger partial charge in [0.2, 0.25) is 0 Å². The molecule has 0 aromatic heterocycles. The number of nitrogen functional groups attached to an aromatic ring is 1. The first-order valence-corrected chi connectivity index (χ1v) is 7.83. The summed E-state index contributed by atoms with van der Waals surface area (Å²) in [5, 5.41) is 0.475. The van der Waals surface area contributed by atoms with Crippen molar-refractivity contribution in [2.24, 2.45) is 0 Å². The fraction of sp³-hybridized carbons (Fsp3) is 0.125. The lowest BCUT2D eigenvalue weighted by atomic mass is 10.0. The summed E-state index contributed by atoms with van der Waals surface area (Å²) in [5.74, 6) is -1.90. The molecule has 0 heterocycles. The average Bonchev–Trinajstić information content (AvgIpc) is 2.48. The van der Waals surface area contributed by atoms with E-state index < -0.39 is 11.6 Å². The Bertz CT molecular complexity index is 722. The zero-order chi connectivity index (χ0) is 16.3. The molecular weight excluding hydrogens is 423 g/mol. The normalized spacial score (nSPS) is 10.5. The van der Waals surface area contributed by atoms with Crippen molar-refractivity contribution in [2.75, 3.05) is 12.3 Å². The molecule has 0 bridgehead atoms. The molecule has 2 N–H and O–H groups in total. The molecule has 0 amide bonds. The highest BCUT2D eigenvalue weighted by molar-refractivity contribution is 14.1. The van der Waals surface area contributed by atoms with E-state index in [1.807, 2.05) is 6.07 Å². The maximum atomic E-state index is 14.1. The molecule has 6 heteroatoms. The molecule has 0 fully saturated rings. The monoisotopic (exact) mass is 435 g/mol. The number of nitrogens with two attached hydrogens (primary N) is 1. The fourth-order valence-corrected chi connectivity index (χ4v) is 2.89. The molecule has 116 valence electrons. The van der Waals surface area contributed by atoms with Crippen LogP contribution in [0.2, 0.25) is 5.02 Å². The van der Waals surface area contributed by atoms with Gasteiger partial charge in [-0.1, -0.05) is 30.3 Å². The van der Waals surface area contributed by atoms with Gasteiger partial charge in [0, 0.05) is 26.6 Å². The van der Waals surface area contributed by atoms with Crippen LogP contribution < -0.4 is 10.5 Å². The van der Waals surface area contributed by atoms with Gasteiger partial charge >= 0.3 is 0 Å². The maximum absolute atomic E-state index is 14.1. The van der Waals surface area contributed by atoms with E-state index >= 15 is 0 Å². The lowest BCUT2D eigenvalue weighted by Crippen LogP contribution is -2.07. The van der Waals surface area contributed by atoms with Gasteiger partial charge in [-0.2, -0.15) is 0 Å². The van der Waals surface area contributed by atoms with Crippen LogP contribution in [0.5, 0.6) is 5.75 Å². The molecule has 2 aromatic carbocycles. The fourth-order valence-electron chi connectivity index (χ4n) is 1.96. The Hall–Kier alpha value is -1.34. The maximum Gasteiger partial charge on any atom is 0.164 e. The van der Waals surface area contributed by atoms with E-state index in [9.17, 15) is 8.78 Å². The van der Waals surface area contributed by atoms with E-state index in [-0.39, 0.29) is 30.0 Å². The largest absolute Gasteiger partial charge is 0.487 e. The lowest BCUT2D eigenvalue weighted by molar-refractivity contribution is 0.360. The minimum Gasteiger partial charge on any atom is -0.487 e. The molecule has 2 rings (SSSR count). The third kappa shape index (κ3) is 3.70. The van der Waals surface area contributed by atoms with Gasteiger partial charge < -0.3 is 10.5 Å². The first kappa shape index (κ1) is 17.0. The van der Waals surface area contributed by atoms with E-state index in [4.69, 9.17) is 22.1 Å². The SMILES string of the molecule is C=CCOc1cc(F)c(F)c(Cc2ccc(I)cc2Cl)c1N. The van der Waals surface area contributed by atoms with Crippen molar-refractivity contribution < 1.29 is 13.5 Å². The van der Waals surface area contributed by atoms with Crippen LogP contribution in [0.3, 0.4) is 0 Å². The topological polar surface area (TPSA) is 35.2 Å². The predicted molar refractivity (Wildman–Crippen MR) is 93.4 cm³/mol. The van der Waals surface area contributed by atoms with Crippen molar-refractivity contribution >= 4 is 39.9 Å². The molecular formula is C16H13ClF2INO. The zero-order valence-corrected chi connectivity index (χ0v) is 14.4. The second kappa shape index (κ2) is 7.28. The van der Waals surface area contributed by atoms with Gasteiger partial charge in [0.05, 0.1) is 5.69 Å². The molecule has 0 spiro atoms. The van der Waals surface area contributed by atoms with Crippen LogP contribution in [-0.4, -0.2) is 6.61 Å². The van der Waals surface area contributed by atoms with Crippen LogP contribution in [0, 0.1) is 15.2 Å².